The summed E-state index contributed by atoms with van der Waals surface area (Å²) in [6.45, 7) is 2.43. The first-order valence-corrected chi connectivity index (χ1v) is 7.80. The number of methoxy groups -OCH3 is 1. The van der Waals surface area contributed by atoms with Crippen LogP contribution < -0.4 is 15.4 Å². The highest BCUT2D eigenvalue weighted by Crippen LogP contribution is 2.17. The Morgan fingerprint density at radius 3 is 2.59 bits per heavy atom. The molecule has 2 aromatic carbocycles. The lowest BCUT2D eigenvalue weighted by molar-refractivity contribution is 0.237. The predicted molar refractivity (Wildman–Crippen MR) is 90.9 cm³/mol. The molecular formula is C17H19BrN2O2. The summed E-state index contributed by atoms with van der Waals surface area (Å²) >= 11 is 3.41. The third-order valence-corrected chi connectivity index (χ3v) is 3.80. The number of carbonyl (C=O) groups excluding carboxylic acids is 1. The summed E-state index contributed by atoms with van der Waals surface area (Å²) in [5.41, 5.74) is 2.07. The van der Waals surface area contributed by atoms with Crippen molar-refractivity contribution < 1.29 is 9.53 Å². The summed E-state index contributed by atoms with van der Waals surface area (Å²) in [4.78, 5) is 11.9. The number of ether oxygens (including phenoxy) is 1. The van der Waals surface area contributed by atoms with Gasteiger partial charge in [0.2, 0.25) is 0 Å². The molecule has 0 saturated heterocycles. The van der Waals surface area contributed by atoms with Crippen molar-refractivity contribution in [3.8, 4) is 5.75 Å². The fraction of sp³-hybridized carbons (Fsp3) is 0.235. The van der Waals surface area contributed by atoms with Gasteiger partial charge in [-0.15, -0.1) is 0 Å². The number of urea groups is 1. The smallest absolute Gasteiger partial charge is 0.315 e. The number of benzene rings is 2. The summed E-state index contributed by atoms with van der Waals surface area (Å²) in [6.07, 6.45) is 0. The standard InChI is InChI=1S/C17H19BrN2O2/c1-12(14-6-8-16(22-2)9-7-14)20-17(21)19-11-13-4-3-5-15(18)10-13/h3-10,12H,11H2,1-2H3,(H2,19,20,21). The Morgan fingerprint density at radius 2 is 1.95 bits per heavy atom. The Morgan fingerprint density at radius 1 is 1.23 bits per heavy atom. The van der Waals surface area contributed by atoms with Gasteiger partial charge < -0.3 is 15.4 Å². The fourth-order valence-electron chi connectivity index (χ4n) is 2.05. The van der Waals surface area contributed by atoms with E-state index in [-0.39, 0.29) is 12.1 Å². The summed E-state index contributed by atoms with van der Waals surface area (Å²) in [7, 11) is 1.63. The molecule has 0 heterocycles. The zero-order chi connectivity index (χ0) is 15.9. The van der Waals surface area contributed by atoms with Gasteiger partial charge in [-0.3, -0.25) is 0 Å². The lowest BCUT2D eigenvalue weighted by Crippen LogP contribution is -2.36. The van der Waals surface area contributed by atoms with Gasteiger partial charge in [0.05, 0.1) is 13.2 Å². The molecule has 0 aliphatic rings. The van der Waals surface area contributed by atoms with Crippen LogP contribution in [0.3, 0.4) is 0 Å². The second-order valence-corrected chi connectivity index (χ2v) is 5.87. The monoisotopic (exact) mass is 362 g/mol. The van der Waals surface area contributed by atoms with Crippen molar-refractivity contribution in [1.82, 2.24) is 10.6 Å². The first-order valence-electron chi connectivity index (χ1n) is 7.01. The van der Waals surface area contributed by atoms with Crippen LogP contribution >= 0.6 is 15.9 Å². The molecule has 0 radical (unpaired) electrons. The second kappa shape index (κ2) is 7.84. The maximum atomic E-state index is 11.9. The lowest BCUT2D eigenvalue weighted by atomic mass is 10.1. The third kappa shape index (κ3) is 4.77. The van der Waals surface area contributed by atoms with E-state index in [4.69, 9.17) is 4.74 Å². The molecule has 0 aromatic heterocycles. The predicted octanol–water partition coefficient (Wildman–Crippen LogP) is 4.02. The van der Waals surface area contributed by atoms with E-state index in [1.54, 1.807) is 7.11 Å². The highest BCUT2D eigenvalue weighted by Gasteiger charge is 2.09. The van der Waals surface area contributed by atoms with Gasteiger partial charge in [-0.25, -0.2) is 4.79 Å². The average Bonchev–Trinajstić information content (AvgIpc) is 2.53. The summed E-state index contributed by atoms with van der Waals surface area (Å²) < 4.78 is 6.12. The highest BCUT2D eigenvalue weighted by atomic mass is 79.9. The molecule has 22 heavy (non-hydrogen) atoms. The van der Waals surface area contributed by atoms with Crippen molar-refractivity contribution in [2.75, 3.05) is 7.11 Å². The molecule has 1 atom stereocenters. The van der Waals surface area contributed by atoms with Crippen molar-refractivity contribution >= 4 is 22.0 Å². The quantitative estimate of drug-likeness (QED) is 0.843. The number of rotatable bonds is 5. The number of hydrogen-bond donors (Lipinski definition) is 2. The average molecular weight is 363 g/mol. The number of halogens is 1. The zero-order valence-corrected chi connectivity index (χ0v) is 14.2. The molecule has 0 spiro atoms. The fourth-order valence-corrected chi connectivity index (χ4v) is 2.50. The first kappa shape index (κ1) is 16.4. The van der Waals surface area contributed by atoms with Crippen molar-refractivity contribution in [1.29, 1.82) is 0 Å². The molecule has 0 saturated carbocycles. The van der Waals surface area contributed by atoms with Gasteiger partial charge in [-0.05, 0) is 42.3 Å². The molecule has 1 unspecified atom stereocenters. The highest BCUT2D eigenvalue weighted by molar-refractivity contribution is 9.10. The Bertz CT molecular complexity index is 629. The van der Waals surface area contributed by atoms with E-state index < -0.39 is 0 Å². The molecule has 4 nitrogen and oxygen atoms in total. The Labute approximate surface area is 139 Å². The van der Waals surface area contributed by atoms with Crippen LogP contribution in [0.5, 0.6) is 5.75 Å². The third-order valence-electron chi connectivity index (χ3n) is 3.31. The minimum Gasteiger partial charge on any atom is -0.497 e. The Hall–Kier alpha value is -2.01. The van der Waals surface area contributed by atoms with Gasteiger partial charge in [0.1, 0.15) is 5.75 Å². The van der Waals surface area contributed by atoms with Crippen LogP contribution in [0.4, 0.5) is 4.79 Å². The molecule has 2 amide bonds. The van der Waals surface area contributed by atoms with E-state index in [1.807, 2.05) is 55.5 Å². The van der Waals surface area contributed by atoms with Crippen molar-refractivity contribution in [2.45, 2.75) is 19.5 Å². The van der Waals surface area contributed by atoms with E-state index >= 15 is 0 Å². The summed E-state index contributed by atoms with van der Waals surface area (Å²) in [5, 5.41) is 5.77. The largest absolute Gasteiger partial charge is 0.497 e. The minimum absolute atomic E-state index is 0.0755. The maximum absolute atomic E-state index is 11.9. The summed E-state index contributed by atoms with van der Waals surface area (Å²) in [5.74, 6) is 0.801. The molecule has 0 aliphatic carbocycles. The van der Waals surface area contributed by atoms with Gasteiger partial charge >= 0.3 is 6.03 Å². The van der Waals surface area contributed by atoms with Gasteiger partial charge in [0, 0.05) is 11.0 Å². The van der Waals surface area contributed by atoms with Crippen molar-refractivity contribution in [3.63, 3.8) is 0 Å². The van der Waals surface area contributed by atoms with Gasteiger partial charge in [0.25, 0.3) is 0 Å². The Balaban J connectivity index is 1.85. The van der Waals surface area contributed by atoms with Gasteiger partial charge in [0.15, 0.2) is 0 Å². The summed E-state index contributed by atoms with van der Waals surface area (Å²) in [6, 6.07) is 15.2. The molecule has 5 heteroatoms. The first-order chi connectivity index (χ1) is 10.6. The van der Waals surface area contributed by atoms with Crippen LogP contribution in [0.1, 0.15) is 24.1 Å². The molecule has 2 N–H and O–H groups in total. The van der Waals surface area contributed by atoms with E-state index in [2.05, 4.69) is 26.6 Å². The maximum Gasteiger partial charge on any atom is 0.315 e. The molecule has 0 aliphatic heterocycles. The number of nitrogens with one attached hydrogen (secondary N) is 2. The second-order valence-electron chi connectivity index (χ2n) is 4.95. The van der Waals surface area contributed by atoms with E-state index in [1.165, 1.54) is 0 Å². The number of hydrogen-bond acceptors (Lipinski definition) is 2. The molecule has 0 fully saturated rings. The van der Waals surface area contributed by atoms with Gasteiger partial charge in [-0.2, -0.15) is 0 Å². The van der Waals surface area contributed by atoms with E-state index in [0.29, 0.717) is 6.54 Å². The lowest BCUT2D eigenvalue weighted by Gasteiger charge is -2.15. The normalized spacial score (nSPS) is 11.6. The van der Waals surface area contributed by atoms with Gasteiger partial charge in [-0.1, -0.05) is 40.2 Å². The number of amides is 2. The van der Waals surface area contributed by atoms with Crippen LogP contribution in [0, 0.1) is 0 Å². The van der Waals surface area contributed by atoms with Crippen LogP contribution in [-0.2, 0) is 6.54 Å². The molecule has 2 aromatic rings. The van der Waals surface area contributed by atoms with E-state index in [9.17, 15) is 4.79 Å². The van der Waals surface area contributed by atoms with Crippen molar-refractivity contribution in [3.05, 3.63) is 64.1 Å². The van der Waals surface area contributed by atoms with E-state index in [0.717, 1.165) is 21.3 Å². The zero-order valence-electron chi connectivity index (χ0n) is 12.6. The van der Waals surface area contributed by atoms with Crippen LogP contribution in [0.2, 0.25) is 0 Å². The topological polar surface area (TPSA) is 50.4 Å². The SMILES string of the molecule is COc1ccc(C(C)NC(=O)NCc2cccc(Br)c2)cc1. The van der Waals surface area contributed by atoms with Crippen LogP contribution in [-0.4, -0.2) is 13.1 Å². The molecule has 2 rings (SSSR count). The Kier molecular flexibility index (Phi) is 5.83. The number of carbonyl (C=O) groups is 1. The molecule has 116 valence electrons. The molecular weight excluding hydrogens is 344 g/mol. The van der Waals surface area contributed by atoms with Crippen molar-refractivity contribution in [2.24, 2.45) is 0 Å². The van der Waals surface area contributed by atoms with Crippen LogP contribution in [0.25, 0.3) is 0 Å². The van der Waals surface area contributed by atoms with Crippen LogP contribution in [0.15, 0.2) is 53.0 Å². The minimum atomic E-state index is -0.191. The molecule has 0 bridgehead atoms.